The maximum atomic E-state index is 14.2. The summed E-state index contributed by atoms with van der Waals surface area (Å²) in [5.41, 5.74) is 1.29. The van der Waals surface area contributed by atoms with Gasteiger partial charge in [-0.05, 0) is 77.2 Å². The van der Waals surface area contributed by atoms with Crippen molar-refractivity contribution >= 4 is 51.8 Å². The molecular formula is C32H39ClFN7O4. The highest BCUT2D eigenvalue weighted by atomic mass is 35.5. The summed E-state index contributed by atoms with van der Waals surface area (Å²) in [5.74, 6) is -1.94. The molecule has 0 bridgehead atoms. The Hall–Kier alpha value is -4.29. The smallest absolute Gasteiger partial charge is 0.321 e. The number of rotatable bonds is 11. The fourth-order valence-corrected chi connectivity index (χ4v) is 5.48. The van der Waals surface area contributed by atoms with Crippen LogP contribution in [0.25, 0.3) is 10.9 Å². The van der Waals surface area contributed by atoms with Crippen molar-refractivity contribution in [2.24, 2.45) is 0 Å². The van der Waals surface area contributed by atoms with E-state index in [2.05, 4.69) is 34.3 Å². The number of hydrogen-bond acceptors (Lipinski definition) is 6. The first-order chi connectivity index (χ1) is 21.4. The second-order valence-corrected chi connectivity index (χ2v) is 11.9. The maximum absolute atomic E-state index is 14.2. The minimum absolute atomic E-state index is 0.0454. The number of aromatic nitrogens is 2. The van der Waals surface area contributed by atoms with Crippen LogP contribution in [0.5, 0.6) is 0 Å². The van der Waals surface area contributed by atoms with Crippen LogP contribution in [0.2, 0.25) is 5.02 Å². The van der Waals surface area contributed by atoms with Gasteiger partial charge in [-0.25, -0.2) is 9.18 Å². The van der Waals surface area contributed by atoms with Gasteiger partial charge < -0.3 is 25.3 Å². The van der Waals surface area contributed by atoms with E-state index in [1.54, 1.807) is 50.1 Å². The van der Waals surface area contributed by atoms with Gasteiger partial charge in [-0.1, -0.05) is 30.3 Å². The van der Waals surface area contributed by atoms with Crippen molar-refractivity contribution in [3.8, 4) is 0 Å². The number of allylic oxidation sites excluding steroid dienone is 1. The highest BCUT2D eigenvalue weighted by Crippen LogP contribution is 2.25. The molecule has 11 nitrogen and oxygen atoms in total. The number of hydrogen-bond donors (Lipinski definition) is 2. The molecule has 13 heteroatoms. The van der Waals surface area contributed by atoms with E-state index in [4.69, 9.17) is 11.6 Å². The fourth-order valence-electron chi connectivity index (χ4n) is 5.28. The van der Waals surface area contributed by atoms with E-state index in [0.29, 0.717) is 16.6 Å². The Kier molecular flexibility index (Phi) is 10.9. The van der Waals surface area contributed by atoms with E-state index in [-0.39, 0.29) is 54.0 Å². The summed E-state index contributed by atoms with van der Waals surface area (Å²) in [4.78, 5) is 57.3. The number of anilines is 1. The van der Waals surface area contributed by atoms with Gasteiger partial charge in [0, 0.05) is 42.3 Å². The van der Waals surface area contributed by atoms with Gasteiger partial charge in [0.15, 0.2) is 0 Å². The van der Waals surface area contributed by atoms with Crippen LogP contribution >= 0.6 is 11.6 Å². The van der Waals surface area contributed by atoms with Gasteiger partial charge in [0.2, 0.25) is 17.6 Å². The molecule has 0 aliphatic carbocycles. The van der Waals surface area contributed by atoms with E-state index < -0.39 is 23.4 Å². The highest BCUT2D eigenvalue weighted by Gasteiger charge is 2.26. The molecule has 0 atom stereocenters. The summed E-state index contributed by atoms with van der Waals surface area (Å²) in [6, 6.07) is 9.08. The molecule has 1 aliphatic rings. The lowest BCUT2D eigenvalue weighted by molar-refractivity contribution is -0.138. The van der Waals surface area contributed by atoms with Crippen molar-refractivity contribution in [2.45, 2.75) is 51.9 Å². The van der Waals surface area contributed by atoms with E-state index in [1.807, 2.05) is 0 Å². The Labute approximate surface area is 267 Å². The largest absolute Gasteiger partial charge is 0.350 e. The SMILES string of the molecule is C=CC(=O)c1nn(CC(=O)N(CC(=O)NCc2cccc(Cl)c2F)C(C)C)c2ccc(NC(=O)N(C)C3CCN(C)CC3)cc12. The molecule has 1 fully saturated rings. The normalized spacial score (nSPS) is 13.9. The average Bonchev–Trinajstić information content (AvgIpc) is 3.37. The molecule has 2 heterocycles. The van der Waals surface area contributed by atoms with Gasteiger partial charge in [-0.15, -0.1) is 0 Å². The van der Waals surface area contributed by atoms with E-state index >= 15 is 0 Å². The number of nitrogens with one attached hydrogen (secondary N) is 2. The number of halogens is 2. The third-order valence-corrected chi connectivity index (χ3v) is 8.32. The number of nitrogens with zero attached hydrogens (tertiary/aromatic N) is 5. The van der Waals surface area contributed by atoms with Crippen LogP contribution < -0.4 is 10.6 Å². The topological polar surface area (TPSA) is 120 Å². The van der Waals surface area contributed by atoms with Gasteiger partial charge in [0.1, 0.15) is 18.1 Å². The Morgan fingerprint density at radius 3 is 2.56 bits per heavy atom. The van der Waals surface area contributed by atoms with Gasteiger partial charge >= 0.3 is 6.03 Å². The van der Waals surface area contributed by atoms with E-state index in [9.17, 15) is 23.6 Å². The van der Waals surface area contributed by atoms with Crippen LogP contribution in [0.3, 0.4) is 0 Å². The molecule has 240 valence electrons. The van der Waals surface area contributed by atoms with Crippen LogP contribution in [0.4, 0.5) is 14.9 Å². The lowest BCUT2D eigenvalue weighted by Crippen LogP contribution is -2.46. The van der Waals surface area contributed by atoms with Gasteiger partial charge in [0.05, 0.1) is 17.1 Å². The standard InChI is InChI=1S/C32H39ClFN7O4/c1-6-27(42)31-24-16-22(36-32(45)39(5)23-12-14-38(4)15-13-23)10-11-26(24)41(37-31)19-29(44)40(20(2)3)18-28(43)35-17-21-8-7-9-25(33)30(21)34/h6-11,16,20,23H,1,12-15,17-19H2,2-5H3,(H,35,43)(H,36,45). The van der Waals surface area contributed by atoms with Crippen molar-refractivity contribution in [3.63, 3.8) is 0 Å². The molecule has 2 N–H and O–H groups in total. The minimum Gasteiger partial charge on any atom is -0.350 e. The third-order valence-electron chi connectivity index (χ3n) is 8.03. The minimum atomic E-state index is -0.612. The molecule has 45 heavy (non-hydrogen) atoms. The lowest BCUT2D eigenvalue weighted by atomic mass is 10.0. The van der Waals surface area contributed by atoms with Crippen molar-refractivity contribution < 1.29 is 23.6 Å². The molecule has 3 aromatic rings. The Bertz CT molecular complexity index is 1600. The summed E-state index contributed by atoms with van der Waals surface area (Å²) < 4.78 is 15.6. The summed E-state index contributed by atoms with van der Waals surface area (Å²) >= 11 is 5.83. The first kappa shape index (κ1) is 33.6. The van der Waals surface area contributed by atoms with Crippen LogP contribution in [-0.2, 0) is 22.7 Å². The Balaban J connectivity index is 1.49. The maximum Gasteiger partial charge on any atom is 0.321 e. The molecule has 1 aromatic heterocycles. The summed E-state index contributed by atoms with van der Waals surface area (Å²) in [5, 5.41) is 10.4. The number of likely N-dealkylation sites (tertiary alicyclic amines) is 1. The number of benzene rings is 2. The van der Waals surface area contributed by atoms with E-state index in [0.717, 1.165) is 32.0 Å². The number of carbonyl (C=O) groups excluding carboxylic acids is 4. The third kappa shape index (κ3) is 8.06. The van der Waals surface area contributed by atoms with Crippen LogP contribution in [0.15, 0.2) is 49.1 Å². The first-order valence-electron chi connectivity index (χ1n) is 14.8. The quantitative estimate of drug-likeness (QED) is 0.238. The molecule has 1 aliphatic heterocycles. The summed E-state index contributed by atoms with van der Waals surface area (Å²) in [7, 11) is 3.84. The zero-order valence-corrected chi connectivity index (χ0v) is 26.7. The molecule has 4 amide bonds. The van der Waals surface area contributed by atoms with Crippen molar-refractivity contribution in [1.82, 2.24) is 29.8 Å². The molecule has 4 rings (SSSR count). The van der Waals surface area contributed by atoms with Crippen molar-refractivity contribution in [2.75, 3.05) is 39.0 Å². The number of urea groups is 1. The second-order valence-electron chi connectivity index (χ2n) is 11.5. The highest BCUT2D eigenvalue weighted by molar-refractivity contribution is 6.30. The molecule has 0 unspecified atom stereocenters. The van der Waals surface area contributed by atoms with Crippen molar-refractivity contribution in [3.05, 3.63) is 71.2 Å². The average molecular weight is 640 g/mol. The Morgan fingerprint density at radius 1 is 1.18 bits per heavy atom. The molecule has 1 saturated heterocycles. The number of amides is 4. The number of piperidine rings is 1. The fraction of sp³-hybridized carbons (Fsp3) is 0.406. The predicted molar refractivity (Wildman–Crippen MR) is 172 cm³/mol. The summed E-state index contributed by atoms with van der Waals surface area (Å²) in [6.07, 6.45) is 2.90. The predicted octanol–water partition coefficient (Wildman–Crippen LogP) is 4.31. The molecule has 0 radical (unpaired) electrons. The molecule has 0 spiro atoms. The lowest BCUT2D eigenvalue weighted by Gasteiger charge is -2.35. The van der Waals surface area contributed by atoms with Gasteiger partial charge in [-0.2, -0.15) is 5.10 Å². The first-order valence-corrected chi connectivity index (χ1v) is 15.2. The molecule has 2 aromatic carbocycles. The monoisotopic (exact) mass is 639 g/mol. The van der Waals surface area contributed by atoms with Crippen LogP contribution in [-0.4, -0.2) is 93.9 Å². The van der Waals surface area contributed by atoms with Crippen LogP contribution in [0, 0.1) is 5.82 Å². The van der Waals surface area contributed by atoms with Crippen LogP contribution in [0.1, 0.15) is 42.7 Å². The van der Waals surface area contributed by atoms with Gasteiger partial charge in [0.25, 0.3) is 0 Å². The van der Waals surface area contributed by atoms with Gasteiger partial charge in [-0.3, -0.25) is 19.1 Å². The number of ketones is 1. The zero-order valence-electron chi connectivity index (χ0n) is 26.0. The van der Waals surface area contributed by atoms with Crippen molar-refractivity contribution in [1.29, 1.82) is 0 Å². The summed E-state index contributed by atoms with van der Waals surface area (Å²) in [6.45, 7) is 8.34. The Morgan fingerprint density at radius 2 is 1.89 bits per heavy atom. The molecule has 0 saturated carbocycles. The number of carbonyl (C=O) groups is 4. The van der Waals surface area contributed by atoms with E-state index in [1.165, 1.54) is 21.7 Å². The molecular weight excluding hydrogens is 601 g/mol. The second kappa shape index (κ2) is 14.7. The zero-order chi connectivity index (χ0) is 32.8. The number of fused-ring (bicyclic) bond motifs is 1.